The predicted octanol–water partition coefficient (Wildman–Crippen LogP) is 4.38. The molecule has 28 heavy (non-hydrogen) atoms. The zero-order valence-electron chi connectivity index (χ0n) is 15.1. The fourth-order valence-corrected chi connectivity index (χ4v) is 4.28. The lowest BCUT2D eigenvalue weighted by Crippen LogP contribution is -2.23. The Morgan fingerprint density at radius 2 is 1.64 bits per heavy atom. The van der Waals surface area contributed by atoms with Crippen molar-refractivity contribution >= 4 is 33.2 Å². The number of rotatable bonds is 6. The van der Waals surface area contributed by atoms with Gasteiger partial charge < -0.3 is 5.32 Å². The molecule has 5 nitrogen and oxygen atoms in total. The van der Waals surface area contributed by atoms with Gasteiger partial charge in [-0.3, -0.25) is 9.52 Å². The van der Waals surface area contributed by atoms with E-state index in [-0.39, 0.29) is 21.4 Å². The van der Waals surface area contributed by atoms with Crippen LogP contribution >= 0.6 is 11.6 Å². The van der Waals surface area contributed by atoms with Crippen molar-refractivity contribution in [3.63, 3.8) is 0 Å². The zero-order chi connectivity index (χ0) is 20.1. The van der Waals surface area contributed by atoms with E-state index >= 15 is 0 Å². The van der Waals surface area contributed by atoms with Crippen LogP contribution in [0.25, 0.3) is 0 Å². The molecule has 0 atom stereocenters. The van der Waals surface area contributed by atoms with Crippen molar-refractivity contribution in [3.05, 3.63) is 94.5 Å². The molecule has 3 rings (SSSR count). The molecule has 1 amide bonds. The van der Waals surface area contributed by atoms with Gasteiger partial charge in [-0.25, -0.2) is 8.42 Å². The first-order valence-corrected chi connectivity index (χ1v) is 10.4. The minimum absolute atomic E-state index is 0.0423. The lowest BCUT2D eigenvalue weighted by atomic mass is 10.2. The summed E-state index contributed by atoms with van der Waals surface area (Å²) >= 11 is 6.11. The number of sulfonamides is 1. The van der Waals surface area contributed by atoms with Gasteiger partial charge in [-0.05, 0) is 42.3 Å². The van der Waals surface area contributed by atoms with Gasteiger partial charge in [0, 0.05) is 12.1 Å². The van der Waals surface area contributed by atoms with E-state index in [1.165, 1.54) is 18.2 Å². The summed E-state index contributed by atoms with van der Waals surface area (Å²) in [5, 5.41) is 2.82. The number of hydrogen-bond acceptors (Lipinski definition) is 3. The van der Waals surface area contributed by atoms with Gasteiger partial charge >= 0.3 is 0 Å². The third kappa shape index (κ3) is 4.71. The number of anilines is 1. The van der Waals surface area contributed by atoms with Gasteiger partial charge in [0.15, 0.2) is 0 Å². The van der Waals surface area contributed by atoms with Crippen LogP contribution in [-0.4, -0.2) is 14.3 Å². The van der Waals surface area contributed by atoms with E-state index in [4.69, 9.17) is 11.6 Å². The van der Waals surface area contributed by atoms with Crippen LogP contribution in [0.1, 0.15) is 21.5 Å². The van der Waals surface area contributed by atoms with Gasteiger partial charge in [-0.1, -0.05) is 60.1 Å². The number of benzene rings is 3. The first-order chi connectivity index (χ1) is 13.4. The highest BCUT2D eigenvalue weighted by Crippen LogP contribution is 2.26. The molecule has 0 spiro atoms. The topological polar surface area (TPSA) is 75.3 Å². The smallest absolute Gasteiger partial charge is 0.263 e. The maximum absolute atomic E-state index is 12.8. The quantitative estimate of drug-likeness (QED) is 0.628. The highest BCUT2D eigenvalue weighted by Gasteiger charge is 2.21. The number of amides is 1. The first-order valence-electron chi connectivity index (χ1n) is 8.57. The third-order valence-electron chi connectivity index (χ3n) is 4.17. The molecule has 0 aliphatic heterocycles. The molecule has 0 saturated carbocycles. The number of aryl methyl sites for hydroxylation is 1. The van der Waals surface area contributed by atoms with Crippen LogP contribution in [0.2, 0.25) is 5.02 Å². The summed E-state index contributed by atoms with van der Waals surface area (Å²) < 4.78 is 28.1. The van der Waals surface area contributed by atoms with Crippen molar-refractivity contribution in [2.45, 2.75) is 18.4 Å². The number of halogens is 1. The molecule has 2 N–H and O–H groups in total. The molecule has 0 aromatic heterocycles. The van der Waals surface area contributed by atoms with Crippen LogP contribution in [0.3, 0.4) is 0 Å². The SMILES string of the molecule is Cc1ccccc1NS(=O)(=O)c1cc(C(=O)NCc2ccccc2)ccc1Cl. The second-order valence-electron chi connectivity index (χ2n) is 6.23. The molecular formula is C21H19ClN2O3S. The van der Waals surface area contributed by atoms with E-state index in [9.17, 15) is 13.2 Å². The maximum atomic E-state index is 12.8. The minimum atomic E-state index is -3.95. The summed E-state index contributed by atoms with van der Waals surface area (Å²) in [5.41, 5.74) is 2.39. The molecule has 0 fully saturated rings. The van der Waals surface area contributed by atoms with E-state index < -0.39 is 10.0 Å². The molecule has 0 heterocycles. The standard InChI is InChI=1S/C21H19ClN2O3S/c1-15-7-5-6-10-19(15)24-28(26,27)20-13-17(11-12-18(20)22)21(25)23-14-16-8-3-2-4-9-16/h2-13,24H,14H2,1H3,(H,23,25). The second-order valence-corrected chi connectivity index (χ2v) is 8.29. The zero-order valence-corrected chi connectivity index (χ0v) is 16.7. The Balaban J connectivity index is 1.82. The molecule has 0 aliphatic carbocycles. The van der Waals surface area contributed by atoms with Crippen molar-refractivity contribution in [1.82, 2.24) is 5.32 Å². The fourth-order valence-electron chi connectivity index (χ4n) is 2.62. The Labute approximate surface area is 169 Å². The molecule has 0 radical (unpaired) electrons. The molecule has 3 aromatic carbocycles. The summed E-state index contributed by atoms with van der Waals surface area (Å²) in [4.78, 5) is 12.3. The molecular weight excluding hydrogens is 396 g/mol. The molecule has 0 bridgehead atoms. The Bertz CT molecular complexity index is 1100. The van der Waals surface area contributed by atoms with E-state index in [1.54, 1.807) is 25.1 Å². The monoisotopic (exact) mass is 414 g/mol. The molecule has 0 saturated heterocycles. The average Bonchev–Trinajstić information content (AvgIpc) is 2.69. The molecule has 0 unspecified atom stereocenters. The van der Waals surface area contributed by atoms with Gasteiger partial charge in [-0.15, -0.1) is 0 Å². The summed E-state index contributed by atoms with van der Waals surface area (Å²) in [5.74, 6) is -0.382. The molecule has 7 heteroatoms. The normalized spacial score (nSPS) is 11.1. The van der Waals surface area contributed by atoms with Crippen molar-refractivity contribution < 1.29 is 13.2 Å². The van der Waals surface area contributed by atoms with Crippen molar-refractivity contribution in [1.29, 1.82) is 0 Å². The number of para-hydroxylation sites is 1. The first kappa shape index (κ1) is 19.9. The van der Waals surface area contributed by atoms with Crippen LogP contribution in [0.4, 0.5) is 5.69 Å². The van der Waals surface area contributed by atoms with Crippen molar-refractivity contribution in [2.75, 3.05) is 4.72 Å². The summed E-state index contributed by atoms with van der Waals surface area (Å²) in [7, 11) is -3.95. The van der Waals surface area contributed by atoms with Gasteiger partial charge in [0.2, 0.25) is 0 Å². The van der Waals surface area contributed by atoms with Gasteiger partial charge in [0.05, 0.1) is 10.7 Å². The minimum Gasteiger partial charge on any atom is -0.348 e. The number of carbonyl (C=O) groups excluding carboxylic acids is 1. The van der Waals surface area contributed by atoms with Crippen molar-refractivity contribution in [2.24, 2.45) is 0 Å². The summed E-state index contributed by atoms with van der Waals surface area (Å²) in [6.45, 7) is 2.14. The molecule has 3 aromatic rings. The highest BCUT2D eigenvalue weighted by molar-refractivity contribution is 7.92. The van der Waals surface area contributed by atoms with E-state index in [1.807, 2.05) is 36.4 Å². The van der Waals surface area contributed by atoms with Crippen molar-refractivity contribution in [3.8, 4) is 0 Å². The lowest BCUT2D eigenvalue weighted by molar-refractivity contribution is 0.0950. The third-order valence-corrected chi connectivity index (χ3v) is 6.02. The van der Waals surface area contributed by atoms with Crippen LogP contribution in [0.15, 0.2) is 77.7 Å². The Morgan fingerprint density at radius 1 is 0.964 bits per heavy atom. The molecule has 0 aliphatic rings. The van der Waals surface area contributed by atoms with E-state index in [2.05, 4.69) is 10.0 Å². The van der Waals surface area contributed by atoms with Crippen LogP contribution in [-0.2, 0) is 16.6 Å². The van der Waals surface area contributed by atoms with Gasteiger partial charge in [-0.2, -0.15) is 0 Å². The van der Waals surface area contributed by atoms with E-state index in [0.717, 1.165) is 11.1 Å². The maximum Gasteiger partial charge on any atom is 0.263 e. The highest BCUT2D eigenvalue weighted by atomic mass is 35.5. The lowest BCUT2D eigenvalue weighted by Gasteiger charge is -2.13. The Morgan fingerprint density at radius 3 is 2.36 bits per heavy atom. The number of nitrogens with one attached hydrogen (secondary N) is 2. The number of hydrogen-bond donors (Lipinski definition) is 2. The van der Waals surface area contributed by atoms with Crippen LogP contribution in [0.5, 0.6) is 0 Å². The molecule has 144 valence electrons. The van der Waals surface area contributed by atoms with Crippen LogP contribution in [0, 0.1) is 6.92 Å². The van der Waals surface area contributed by atoms with Gasteiger partial charge in [0.1, 0.15) is 4.90 Å². The Hall–Kier alpha value is -2.83. The van der Waals surface area contributed by atoms with Gasteiger partial charge in [0.25, 0.3) is 15.9 Å². The largest absolute Gasteiger partial charge is 0.348 e. The number of carbonyl (C=O) groups is 1. The van der Waals surface area contributed by atoms with Crippen LogP contribution < -0.4 is 10.0 Å². The second kappa shape index (κ2) is 8.46. The summed E-state index contributed by atoms with van der Waals surface area (Å²) in [6, 6.07) is 20.6. The average molecular weight is 415 g/mol. The fraction of sp³-hybridized carbons (Fsp3) is 0.0952. The predicted molar refractivity (Wildman–Crippen MR) is 111 cm³/mol. The summed E-state index contributed by atoms with van der Waals surface area (Å²) in [6.07, 6.45) is 0. The van der Waals surface area contributed by atoms with E-state index in [0.29, 0.717) is 12.2 Å². The Kier molecular flexibility index (Phi) is 6.02.